The number of benzene rings is 2. The number of aliphatic hydroxyl groups excluding tert-OH is 1. The average Bonchev–Trinajstić information content (AvgIpc) is 2.73. The Bertz CT molecular complexity index is 1050. The average molecular weight is 411 g/mol. The van der Waals surface area contributed by atoms with E-state index in [-0.39, 0.29) is 12.2 Å². The zero-order valence-electron chi connectivity index (χ0n) is 16.7. The van der Waals surface area contributed by atoms with E-state index >= 15 is 0 Å². The van der Waals surface area contributed by atoms with Crippen LogP contribution >= 0.6 is 11.8 Å². The van der Waals surface area contributed by atoms with Gasteiger partial charge in [-0.3, -0.25) is 9.36 Å². The summed E-state index contributed by atoms with van der Waals surface area (Å²) in [5.74, 6) is 1.50. The normalized spacial score (nSPS) is 12.3. The second-order valence-electron chi connectivity index (χ2n) is 7.08. The molecule has 0 saturated carbocycles. The summed E-state index contributed by atoms with van der Waals surface area (Å²) in [5.41, 5.74) is 1.66. The Kier molecular flexibility index (Phi) is 7.12. The van der Waals surface area contributed by atoms with Crippen molar-refractivity contribution < 1.29 is 9.84 Å². The third-order valence-electron chi connectivity index (χ3n) is 4.52. The van der Waals surface area contributed by atoms with Gasteiger partial charge in [-0.25, -0.2) is 4.98 Å². The minimum atomic E-state index is -0.694. The maximum Gasteiger partial charge on any atom is 0.262 e. The Morgan fingerprint density at radius 2 is 1.93 bits per heavy atom. The smallest absolute Gasteiger partial charge is 0.262 e. The molecule has 0 fully saturated rings. The molecule has 1 N–H and O–H groups in total. The van der Waals surface area contributed by atoms with Crippen LogP contribution in [-0.4, -0.2) is 33.1 Å². The lowest BCUT2D eigenvalue weighted by Crippen LogP contribution is -2.25. The molecular weight excluding hydrogens is 384 g/mol. The summed E-state index contributed by atoms with van der Waals surface area (Å²) in [7, 11) is 0. The van der Waals surface area contributed by atoms with Crippen LogP contribution in [0.4, 0.5) is 0 Å². The predicted octanol–water partition coefficient (Wildman–Crippen LogP) is 4.24. The molecule has 0 bridgehead atoms. The summed E-state index contributed by atoms with van der Waals surface area (Å²) in [6.45, 7) is 8.50. The van der Waals surface area contributed by atoms with E-state index in [9.17, 15) is 9.90 Å². The van der Waals surface area contributed by atoms with Gasteiger partial charge in [-0.05, 0) is 29.7 Å². The van der Waals surface area contributed by atoms with E-state index in [0.29, 0.717) is 34.3 Å². The van der Waals surface area contributed by atoms with Crippen molar-refractivity contribution in [2.24, 2.45) is 0 Å². The van der Waals surface area contributed by atoms with Gasteiger partial charge in [0.1, 0.15) is 12.4 Å². The number of thioether (sulfide) groups is 1. The van der Waals surface area contributed by atoms with Gasteiger partial charge in [0.05, 0.1) is 17.0 Å². The monoisotopic (exact) mass is 410 g/mol. The molecule has 0 amide bonds. The van der Waals surface area contributed by atoms with Crippen molar-refractivity contribution in [1.82, 2.24) is 9.55 Å². The maximum absolute atomic E-state index is 12.8. The molecule has 29 heavy (non-hydrogen) atoms. The minimum absolute atomic E-state index is 0.102. The molecule has 0 aliphatic heterocycles. The molecule has 2 aromatic carbocycles. The summed E-state index contributed by atoms with van der Waals surface area (Å²) in [4.78, 5) is 17.4. The fourth-order valence-electron chi connectivity index (χ4n) is 3.04. The van der Waals surface area contributed by atoms with E-state index in [1.807, 2.05) is 42.5 Å². The van der Waals surface area contributed by atoms with Crippen LogP contribution in [0.15, 0.2) is 71.1 Å². The van der Waals surface area contributed by atoms with E-state index in [4.69, 9.17) is 4.74 Å². The van der Waals surface area contributed by atoms with Gasteiger partial charge in [-0.15, -0.1) is 6.58 Å². The largest absolute Gasteiger partial charge is 0.491 e. The van der Waals surface area contributed by atoms with Gasteiger partial charge in [-0.1, -0.05) is 62.0 Å². The van der Waals surface area contributed by atoms with Crippen LogP contribution in [0.2, 0.25) is 0 Å². The molecule has 3 aromatic rings. The van der Waals surface area contributed by atoms with Crippen molar-refractivity contribution >= 4 is 22.7 Å². The Morgan fingerprint density at radius 1 is 1.21 bits per heavy atom. The number of aromatic nitrogens is 2. The first-order valence-corrected chi connectivity index (χ1v) is 10.6. The van der Waals surface area contributed by atoms with Crippen LogP contribution in [0.25, 0.3) is 10.9 Å². The van der Waals surface area contributed by atoms with Gasteiger partial charge in [0, 0.05) is 12.3 Å². The third-order valence-corrected chi connectivity index (χ3v) is 5.64. The third kappa shape index (κ3) is 5.08. The minimum Gasteiger partial charge on any atom is -0.491 e. The van der Waals surface area contributed by atoms with Crippen molar-refractivity contribution in [3.63, 3.8) is 0 Å². The topological polar surface area (TPSA) is 64.3 Å². The molecule has 1 aromatic heterocycles. The fourth-order valence-corrected chi connectivity index (χ4v) is 3.96. The molecule has 5 nitrogen and oxygen atoms in total. The highest BCUT2D eigenvalue weighted by atomic mass is 32.2. The zero-order chi connectivity index (χ0) is 20.8. The summed E-state index contributed by atoms with van der Waals surface area (Å²) in [6, 6.07) is 15.1. The summed E-state index contributed by atoms with van der Waals surface area (Å²) >= 11 is 1.34. The molecule has 0 aliphatic rings. The maximum atomic E-state index is 12.8. The highest BCUT2D eigenvalue weighted by Gasteiger charge is 2.14. The first-order chi connectivity index (χ1) is 14.0. The molecule has 0 radical (unpaired) electrons. The number of allylic oxidation sites excluding steroid dienone is 1. The zero-order valence-corrected chi connectivity index (χ0v) is 17.6. The highest BCUT2D eigenvalue weighted by Crippen LogP contribution is 2.26. The molecule has 6 heteroatoms. The lowest BCUT2D eigenvalue weighted by atomic mass is 10.0. The van der Waals surface area contributed by atoms with E-state index in [1.165, 1.54) is 11.8 Å². The van der Waals surface area contributed by atoms with E-state index in [1.54, 1.807) is 16.7 Å². The Balaban J connectivity index is 1.71. The van der Waals surface area contributed by atoms with Crippen LogP contribution in [0, 0.1) is 0 Å². The van der Waals surface area contributed by atoms with E-state index in [2.05, 4.69) is 25.4 Å². The number of rotatable bonds is 9. The molecule has 0 unspecified atom stereocenters. The van der Waals surface area contributed by atoms with Crippen molar-refractivity contribution in [3.05, 3.63) is 77.1 Å². The molecule has 0 saturated heterocycles. The Hall–Kier alpha value is -2.57. The fraction of sp³-hybridized carbons (Fsp3) is 0.304. The Morgan fingerprint density at radius 3 is 2.69 bits per heavy atom. The Labute approximate surface area is 175 Å². The lowest BCUT2D eigenvalue weighted by Gasteiger charge is -2.17. The molecular formula is C23H26N2O3S. The molecule has 0 spiro atoms. The molecule has 0 aliphatic carbocycles. The number of hydrogen-bond acceptors (Lipinski definition) is 5. The van der Waals surface area contributed by atoms with E-state index in [0.717, 1.165) is 11.3 Å². The summed E-state index contributed by atoms with van der Waals surface area (Å²) < 4.78 is 7.44. The van der Waals surface area contributed by atoms with Gasteiger partial charge in [0.25, 0.3) is 5.56 Å². The molecule has 1 atom stereocenters. The summed E-state index contributed by atoms with van der Waals surface area (Å²) in [5, 5.41) is 11.6. The highest BCUT2D eigenvalue weighted by molar-refractivity contribution is 7.99. The SMILES string of the molecule is C=CCn1c(SC[C@@H](O)COc2ccccc2C(C)C)nc2ccccc2c1=O. The quantitative estimate of drug-likeness (QED) is 0.325. The first kappa shape index (κ1) is 21.1. The number of para-hydroxylation sites is 2. The summed E-state index contributed by atoms with van der Waals surface area (Å²) in [6.07, 6.45) is 0.977. The van der Waals surface area contributed by atoms with Crippen molar-refractivity contribution in [1.29, 1.82) is 0 Å². The van der Waals surface area contributed by atoms with Crippen LogP contribution in [-0.2, 0) is 6.54 Å². The molecule has 1 heterocycles. The number of ether oxygens (including phenoxy) is 1. The number of hydrogen-bond donors (Lipinski definition) is 1. The van der Waals surface area contributed by atoms with Gasteiger partial charge in [-0.2, -0.15) is 0 Å². The number of nitrogens with zero attached hydrogens (tertiary/aromatic N) is 2. The number of fused-ring (bicyclic) bond motifs is 1. The lowest BCUT2D eigenvalue weighted by molar-refractivity contribution is 0.125. The van der Waals surface area contributed by atoms with Crippen molar-refractivity contribution in [3.8, 4) is 5.75 Å². The van der Waals surface area contributed by atoms with Gasteiger partial charge in [0.15, 0.2) is 5.16 Å². The number of aliphatic hydroxyl groups is 1. The van der Waals surface area contributed by atoms with Crippen LogP contribution < -0.4 is 10.3 Å². The van der Waals surface area contributed by atoms with Crippen LogP contribution in [0.3, 0.4) is 0 Å². The molecule has 152 valence electrons. The molecule has 3 rings (SSSR count). The van der Waals surface area contributed by atoms with Crippen LogP contribution in [0.1, 0.15) is 25.3 Å². The predicted molar refractivity (Wildman–Crippen MR) is 119 cm³/mol. The second-order valence-corrected chi connectivity index (χ2v) is 8.07. The van der Waals surface area contributed by atoms with Crippen molar-refractivity contribution in [2.45, 2.75) is 37.6 Å². The van der Waals surface area contributed by atoms with Gasteiger partial charge >= 0.3 is 0 Å². The second kappa shape index (κ2) is 9.76. The standard InChI is InChI=1S/C23H26N2O3S/c1-4-13-25-22(27)19-10-5-7-11-20(19)24-23(25)29-15-17(26)14-28-21-12-8-6-9-18(21)16(2)3/h4-12,16-17,26H,1,13-15H2,2-3H3/t17-/m0/s1. The first-order valence-electron chi connectivity index (χ1n) is 9.64. The van der Waals surface area contributed by atoms with Gasteiger partial charge in [0.2, 0.25) is 0 Å². The van der Waals surface area contributed by atoms with Gasteiger partial charge < -0.3 is 9.84 Å². The van der Waals surface area contributed by atoms with Crippen molar-refractivity contribution in [2.75, 3.05) is 12.4 Å². The van der Waals surface area contributed by atoms with E-state index < -0.39 is 6.10 Å². The van der Waals surface area contributed by atoms with Crippen LogP contribution in [0.5, 0.6) is 5.75 Å².